The van der Waals surface area contributed by atoms with Gasteiger partial charge < -0.3 is 15.9 Å². The lowest BCUT2D eigenvalue weighted by molar-refractivity contribution is 0.0993. The van der Waals surface area contributed by atoms with Crippen LogP contribution in [0.4, 0.5) is 0 Å². The molecule has 1 aromatic carbocycles. The van der Waals surface area contributed by atoms with Crippen molar-refractivity contribution >= 4 is 34.1 Å². The fraction of sp³-hybridized carbons (Fsp3) is 0. The van der Waals surface area contributed by atoms with Crippen LogP contribution in [0.25, 0.3) is 27.9 Å². The number of pyridine rings is 1. The van der Waals surface area contributed by atoms with E-state index in [2.05, 4.69) is 0 Å². The van der Waals surface area contributed by atoms with E-state index in [4.69, 9.17) is 15.9 Å². The average Bonchev–Trinajstić information content (AvgIpc) is 3.33. The van der Waals surface area contributed by atoms with Gasteiger partial charge in [-0.05, 0) is 35.7 Å². The van der Waals surface area contributed by atoms with Crippen molar-refractivity contribution in [2.24, 2.45) is 11.5 Å². The Hall–Kier alpha value is -3.65. The highest BCUT2D eigenvalue weighted by Crippen LogP contribution is 2.31. The van der Waals surface area contributed by atoms with Crippen molar-refractivity contribution in [3.05, 3.63) is 74.9 Å². The molecular formula is C19H13N3O4S. The Labute approximate surface area is 156 Å². The molecule has 0 aliphatic carbocycles. The molecular weight excluding hydrogens is 366 g/mol. The van der Waals surface area contributed by atoms with E-state index >= 15 is 0 Å². The van der Waals surface area contributed by atoms with Gasteiger partial charge in [0.25, 0.3) is 17.4 Å². The number of hydrogen-bond donors (Lipinski definition) is 2. The molecule has 3 aromatic heterocycles. The molecule has 8 heteroatoms. The van der Waals surface area contributed by atoms with E-state index in [9.17, 15) is 14.4 Å². The third kappa shape index (κ3) is 2.63. The van der Waals surface area contributed by atoms with E-state index in [1.54, 1.807) is 41.1 Å². The Morgan fingerprint density at radius 2 is 1.89 bits per heavy atom. The molecule has 0 spiro atoms. The summed E-state index contributed by atoms with van der Waals surface area (Å²) in [7, 11) is 0. The number of fused-ring (bicyclic) bond motifs is 1. The van der Waals surface area contributed by atoms with Crippen molar-refractivity contribution in [2.75, 3.05) is 0 Å². The summed E-state index contributed by atoms with van der Waals surface area (Å²) in [5, 5.41) is 4.00. The minimum absolute atomic E-state index is 0.127. The maximum Gasteiger partial charge on any atom is 0.268 e. The van der Waals surface area contributed by atoms with Crippen LogP contribution < -0.4 is 17.0 Å². The van der Waals surface area contributed by atoms with Crippen LogP contribution in [0.2, 0.25) is 0 Å². The SMILES string of the molecule is NC(=O)c1cc2ccc(-c3ccco3)c(C(N)=O)c2n(-c2ccsc2)c1=O. The van der Waals surface area contributed by atoms with Gasteiger partial charge in [0, 0.05) is 16.3 Å². The van der Waals surface area contributed by atoms with Crippen molar-refractivity contribution in [2.45, 2.75) is 0 Å². The third-order valence-corrected chi connectivity index (χ3v) is 4.90. The fourth-order valence-corrected chi connectivity index (χ4v) is 3.72. The first-order valence-corrected chi connectivity index (χ1v) is 8.82. The van der Waals surface area contributed by atoms with Crippen LogP contribution in [0.3, 0.4) is 0 Å². The molecule has 4 rings (SSSR count). The lowest BCUT2D eigenvalue weighted by Crippen LogP contribution is -2.30. The first-order valence-electron chi connectivity index (χ1n) is 7.88. The molecule has 134 valence electrons. The number of nitrogens with zero attached hydrogens (tertiary/aromatic N) is 1. The van der Waals surface area contributed by atoms with Gasteiger partial charge in [0.1, 0.15) is 11.3 Å². The molecule has 0 unspecified atom stereocenters. The fourth-order valence-electron chi connectivity index (χ4n) is 3.10. The Morgan fingerprint density at radius 3 is 2.48 bits per heavy atom. The lowest BCUT2D eigenvalue weighted by atomic mass is 9.98. The second-order valence-electron chi connectivity index (χ2n) is 5.81. The van der Waals surface area contributed by atoms with Crippen LogP contribution >= 0.6 is 11.3 Å². The normalized spacial score (nSPS) is 11.0. The summed E-state index contributed by atoms with van der Waals surface area (Å²) in [5.74, 6) is -1.13. The Kier molecular flexibility index (Phi) is 3.89. The first-order chi connectivity index (χ1) is 13.0. The standard InChI is InChI=1S/C19H13N3O4S/c20-17(23)13-8-10-3-4-12(14-2-1-6-26-14)15(18(21)24)16(10)22(19(13)25)11-5-7-27-9-11/h1-9H,(H2,20,23)(H2,21,24). The highest BCUT2D eigenvalue weighted by atomic mass is 32.1. The molecule has 0 saturated carbocycles. The smallest absolute Gasteiger partial charge is 0.268 e. The number of carbonyl (C=O) groups is 2. The molecule has 27 heavy (non-hydrogen) atoms. The number of furan rings is 1. The number of amides is 2. The summed E-state index contributed by atoms with van der Waals surface area (Å²) in [5.41, 5.74) is 11.6. The number of thiophene rings is 1. The molecule has 0 atom stereocenters. The summed E-state index contributed by atoms with van der Waals surface area (Å²) in [6.45, 7) is 0. The van der Waals surface area contributed by atoms with Crippen molar-refractivity contribution in [1.29, 1.82) is 0 Å². The van der Waals surface area contributed by atoms with Gasteiger partial charge in [-0.3, -0.25) is 19.0 Å². The second-order valence-corrected chi connectivity index (χ2v) is 6.59. The number of primary amides is 2. The second kappa shape index (κ2) is 6.26. The molecule has 0 aliphatic heterocycles. The summed E-state index contributed by atoms with van der Waals surface area (Å²) in [6.07, 6.45) is 1.48. The van der Waals surface area contributed by atoms with E-state index in [1.165, 1.54) is 28.2 Å². The number of nitrogens with two attached hydrogens (primary N) is 2. The molecule has 3 heterocycles. The number of benzene rings is 1. The first kappa shape index (κ1) is 16.8. The molecule has 0 radical (unpaired) electrons. The van der Waals surface area contributed by atoms with Gasteiger partial charge in [-0.25, -0.2) is 0 Å². The summed E-state index contributed by atoms with van der Waals surface area (Å²) < 4.78 is 6.70. The van der Waals surface area contributed by atoms with Crippen LogP contribution in [-0.4, -0.2) is 16.4 Å². The topological polar surface area (TPSA) is 121 Å². The summed E-state index contributed by atoms with van der Waals surface area (Å²) in [4.78, 5) is 37.1. The molecule has 0 fully saturated rings. The Bertz CT molecular complexity index is 1240. The van der Waals surface area contributed by atoms with Gasteiger partial charge in [-0.2, -0.15) is 11.3 Å². The molecule has 0 bridgehead atoms. The highest BCUT2D eigenvalue weighted by Gasteiger charge is 2.23. The van der Waals surface area contributed by atoms with Crippen LogP contribution in [0, 0.1) is 0 Å². The average molecular weight is 379 g/mol. The van der Waals surface area contributed by atoms with Crippen LogP contribution in [-0.2, 0) is 0 Å². The molecule has 4 N–H and O–H groups in total. The molecule has 0 aliphatic rings. The van der Waals surface area contributed by atoms with Crippen molar-refractivity contribution in [3.8, 4) is 17.0 Å². The molecule has 2 amide bonds. The molecule has 0 saturated heterocycles. The van der Waals surface area contributed by atoms with Gasteiger partial charge in [-0.15, -0.1) is 0 Å². The summed E-state index contributed by atoms with van der Waals surface area (Å²) in [6, 6.07) is 9.82. The minimum Gasteiger partial charge on any atom is -0.464 e. The Morgan fingerprint density at radius 1 is 1.07 bits per heavy atom. The predicted octanol–water partition coefficient (Wildman–Crippen LogP) is 2.51. The monoisotopic (exact) mass is 379 g/mol. The van der Waals surface area contributed by atoms with Gasteiger partial charge in [0.2, 0.25) is 0 Å². The zero-order valence-electron chi connectivity index (χ0n) is 13.8. The van der Waals surface area contributed by atoms with E-state index < -0.39 is 17.4 Å². The van der Waals surface area contributed by atoms with E-state index in [0.29, 0.717) is 27.9 Å². The lowest BCUT2D eigenvalue weighted by Gasteiger charge is -2.15. The van der Waals surface area contributed by atoms with Gasteiger partial charge in [0.05, 0.1) is 23.0 Å². The maximum absolute atomic E-state index is 13.0. The maximum atomic E-state index is 13.0. The van der Waals surface area contributed by atoms with Crippen molar-refractivity contribution in [1.82, 2.24) is 4.57 Å². The van der Waals surface area contributed by atoms with Crippen molar-refractivity contribution < 1.29 is 14.0 Å². The number of rotatable bonds is 4. The quantitative estimate of drug-likeness (QED) is 0.566. The van der Waals surface area contributed by atoms with Gasteiger partial charge >= 0.3 is 0 Å². The van der Waals surface area contributed by atoms with Gasteiger partial charge in [0.15, 0.2) is 0 Å². The molecule has 4 aromatic rings. The number of aromatic nitrogens is 1. The zero-order chi connectivity index (χ0) is 19.1. The van der Waals surface area contributed by atoms with E-state index in [1.807, 2.05) is 0 Å². The van der Waals surface area contributed by atoms with Crippen LogP contribution in [0.15, 0.2) is 62.6 Å². The molecule has 7 nitrogen and oxygen atoms in total. The number of carbonyl (C=O) groups excluding carboxylic acids is 2. The van der Waals surface area contributed by atoms with E-state index in [0.717, 1.165) is 0 Å². The van der Waals surface area contributed by atoms with Crippen LogP contribution in [0.5, 0.6) is 0 Å². The summed E-state index contributed by atoms with van der Waals surface area (Å²) >= 11 is 1.37. The highest BCUT2D eigenvalue weighted by molar-refractivity contribution is 7.08. The Balaban J connectivity index is 2.24. The minimum atomic E-state index is -0.846. The largest absolute Gasteiger partial charge is 0.464 e. The van der Waals surface area contributed by atoms with Crippen molar-refractivity contribution in [3.63, 3.8) is 0 Å². The van der Waals surface area contributed by atoms with E-state index in [-0.39, 0.29) is 11.1 Å². The third-order valence-electron chi connectivity index (χ3n) is 4.23. The predicted molar refractivity (Wildman–Crippen MR) is 102 cm³/mol. The van der Waals surface area contributed by atoms with Crippen LogP contribution in [0.1, 0.15) is 20.7 Å². The van der Waals surface area contributed by atoms with Gasteiger partial charge in [-0.1, -0.05) is 6.07 Å². The number of hydrogen-bond acceptors (Lipinski definition) is 5. The zero-order valence-corrected chi connectivity index (χ0v) is 14.7.